The number of aromatic amines is 2. The summed E-state index contributed by atoms with van der Waals surface area (Å²) in [6.07, 6.45) is 11.2. The first-order chi connectivity index (χ1) is 9.24. The quantitative estimate of drug-likeness (QED) is 0.543. The van der Waals surface area contributed by atoms with Gasteiger partial charge < -0.3 is 15.1 Å². The smallest absolute Gasteiger partial charge is 0.174 e. The molecule has 106 valence electrons. The molecule has 2 rings (SSSR count). The average molecular weight is 280 g/mol. The minimum Gasteiger partial charge on any atom is -0.392 e. The topological polar surface area (TPSA) is 51.8 Å². The lowest BCUT2D eigenvalue weighted by molar-refractivity contribution is 0.292. The molecule has 0 radical (unpaired) electrons. The number of H-pyrrole nitrogens is 2. The van der Waals surface area contributed by atoms with Crippen LogP contribution in [0.4, 0.5) is 0 Å². The molecule has 0 amide bonds. The Balaban J connectivity index is 2.13. The van der Waals surface area contributed by atoms with E-state index in [1.807, 2.05) is 6.20 Å². The number of hydrogen-bond acceptors (Lipinski definition) is 2. The number of nitrogens with one attached hydrogen (secondary N) is 2. The number of hydrogen-bond donors (Lipinski definition) is 3. The van der Waals surface area contributed by atoms with Gasteiger partial charge in [0.05, 0.1) is 6.61 Å². The molecule has 1 aromatic rings. The molecule has 0 saturated heterocycles. The normalized spacial score (nSPS) is 21.2. The van der Waals surface area contributed by atoms with E-state index in [4.69, 9.17) is 12.2 Å². The molecule has 0 bridgehead atoms. The van der Waals surface area contributed by atoms with Crippen LogP contribution in [0.25, 0.3) is 0 Å². The van der Waals surface area contributed by atoms with E-state index in [1.165, 1.54) is 37.0 Å². The number of imidazole rings is 1. The predicted octanol–water partition coefficient (Wildman–Crippen LogP) is 4.06. The van der Waals surface area contributed by atoms with E-state index in [9.17, 15) is 5.11 Å². The van der Waals surface area contributed by atoms with Gasteiger partial charge in [0.1, 0.15) is 0 Å². The molecule has 0 spiro atoms. The van der Waals surface area contributed by atoms with Crippen molar-refractivity contribution < 1.29 is 5.11 Å². The number of aliphatic hydroxyl groups is 1. The molecule has 19 heavy (non-hydrogen) atoms. The molecule has 2 unspecified atom stereocenters. The summed E-state index contributed by atoms with van der Waals surface area (Å²) < 4.78 is 0.713. The molecule has 1 heterocycles. The second-order valence-corrected chi connectivity index (χ2v) is 5.92. The molecule has 0 aromatic carbocycles. The van der Waals surface area contributed by atoms with Crippen LogP contribution in [-0.4, -0.2) is 21.7 Å². The van der Waals surface area contributed by atoms with Crippen LogP contribution in [0.1, 0.15) is 57.1 Å². The molecule has 0 saturated carbocycles. The van der Waals surface area contributed by atoms with Crippen molar-refractivity contribution in [3.05, 3.63) is 28.3 Å². The SMILES string of the molecule is CCCCC(c1c[nH]c(=S)[nH]1)C1CCC=C(CO)C1. The van der Waals surface area contributed by atoms with Crippen LogP contribution in [0.3, 0.4) is 0 Å². The third kappa shape index (κ3) is 3.80. The van der Waals surface area contributed by atoms with Crippen LogP contribution in [0.2, 0.25) is 0 Å². The average Bonchev–Trinajstić information content (AvgIpc) is 2.86. The van der Waals surface area contributed by atoms with E-state index < -0.39 is 0 Å². The Hall–Kier alpha value is -0.870. The Labute approximate surface area is 120 Å². The van der Waals surface area contributed by atoms with Gasteiger partial charge in [0.15, 0.2) is 4.77 Å². The van der Waals surface area contributed by atoms with Crippen LogP contribution in [-0.2, 0) is 0 Å². The van der Waals surface area contributed by atoms with E-state index in [0.717, 1.165) is 12.8 Å². The van der Waals surface area contributed by atoms with Crippen molar-refractivity contribution in [3.8, 4) is 0 Å². The molecule has 1 aliphatic rings. The third-order valence-corrected chi connectivity index (χ3v) is 4.37. The lowest BCUT2D eigenvalue weighted by Crippen LogP contribution is -2.18. The summed E-state index contributed by atoms with van der Waals surface area (Å²) in [5.74, 6) is 1.16. The Bertz CT molecular complexity index is 474. The third-order valence-electron chi connectivity index (χ3n) is 4.15. The van der Waals surface area contributed by atoms with Gasteiger partial charge in [-0.05, 0) is 49.4 Å². The van der Waals surface area contributed by atoms with Crippen LogP contribution in [0.5, 0.6) is 0 Å². The van der Waals surface area contributed by atoms with Crippen molar-refractivity contribution in [1.29, 1.82) is 0 Å². The second kappa shape index (κ2) is 7.06. The monoisotopic (exact) mass is 280 g/mol. The number of allylic oxidation sites excluding steroid dienone is 1. The number of unbranched alkanes of at least 4 members (excludes halogenated alkanes) is 1. The van der Waals surface area contributed by atoms with Crippen molar-refractivity contribution >= 4 is 12.2 Å². The molecule has 0 fully saturated rings. The summed E-state index contributed by atoms with van der Waals surface area (Å²) in [6.45, 7) is 2.44. The summed E-state index contributed by atoms with van der Waals surface area (Å²) >= 11 is 5.15. The van der Waals surface area contributed by atoms with E-state index >= 15 is 0 Å². The fourth-order valence-electron chi connectivity index (χ4n) is 3.11. The van der Waals surface area contributed by atoms with Gasteiger partial charge in [0, 0.05) is 17.8 Å². The fraction of sp³-hybridized carbons (Fsp3) is 0.667. The first-order valence-corrected chi connectivity index (χ1v) is 7.71. The second-order valence-electron chi connectivity index (χ2n) is 5.51. The number of aliphatic hydroxyl groups excluding tert-OH is 1. The summed E-state index contributed by atoms with van der Waals surface area (Å²) in [6, 6.07) is 0. The van der Waals surface area contributed by atoms with Gasteiger partial charge in [-0.2, -0.15) is 0 Å². The summed E-state index contributed by atoms with van der Waals surface area (Å²) in [7, 11) is 0. The van der Waals surface area contributed by atoms with Crippen molar-refractivity contribution in [2.75, 3.05) is 6.61 Å². The Morgan fingerprint density at radius 1 is 1.53 bits per heavy atom. The summed E-state index contributed by atoms with van der Waals surface area (Å²) in [4.78, 5) is 6.38. The molecule has 3 nitrogen and oxygen atoms in total. The van der Waals surface area contributed by atoms with Gasteiger partial charge in [-0.25, -0.2) is 0 Å². The van der Waals surface area contributed by atoms with Crippen LogP contribution < -0.4 is 0 Å². The molecular formula is C15H24N2OS. The van der Waals surface area contributed by atoms with Gasteiger partial charge in [-0.3, -0.25) is 0 Å². The maximum Gasteiger partial charge on any atom is 0.174 e. The first-order valence-electron chi connectivity index (χ1n) is 7.31. The number of rotatable bonds is 6. The maximum atomic E-state index is 9.34. The zero-order valence-corrected chi connectivity index (χ0v) is 12.4. The van der Waals surface area contributed by atoms with Crippen LogP contribution in [0, 0.1) is 10.7 Å². The zero-order valence-electron chi connectivity index (χ0n) is 11.6. The minimum absolute atomic E-state index is 0.208. The molecule has 0 aliphatic heterocycles. The van der Waals surface area contributed by atoms with Crippen molar-refractivity contribution in [3.63, 3.8) is 0 Å². The molecule has 1 aromatic heterocycles. The molecule has 1 aliphatic carbocycles. The van der Waals surface area contributed by atoms with E-state index in [1.54, 1.807) is 0 Å². The summed E-state index contributed by atoms with van der Waals surface area (Å²) in [5, 5.41) is 9.34. The van der Waals surface area contributed by atoms with E-state index in [0.29, 0.717) is 16.6 Å². The van der Waals surface area contributed by atoms with Crippen molar-refractivity contribution in [2.24, 2.45) is 5.92 Å². The van der Waals surface area contributed by atoms with Gasteiger partial charge in [0.25, 0.3) is 0 Å². The largest absolute Gasteiger partial charge is 0.392 e. The Morgan fingerprint density at radius 2 is 2.37 bits per heavy atom. The highest BCUT2D eigenvalue weighted by Crippen LogP contribution is 2.38. The van der Waals surface area contributed by atoms with Gasteiger partial charge in [-0.1, -0.05) is 25.8 Å². The van der Waals surface area contributed by atoms with Gasteiger partial charge in [0.2, 0.25) is 0 Å². The highest BCUT2D eigenvalue weighted by Gasteiger charge is 2.26. The maximum absolute atomic E-state index is 9.34. The Kier molecular flexibility index (Phi) is 5.40. The lowest BCUT2D eigenvalue weighted by Gasteiger charge is -2.29. The Morgan fingerprint density at radius 3 is 3.00 bits per heavy atom. The molecule has 4 heteroatoms. The molecule has 3 N–H and O–H groups in total. The van der Waals surface area contributed by atoms with Crippen LogP contribution in [0.15, 0.2) is 17.8 Å². The lowest BCUT2D eigenvalue weighted by atomic mass is 9.76. The van der Waals surface area contributed by atoms with E-state index in [2.05, 4.69) is 23.0 Å². The van der Waals surface area contributed by atoms with Crippen molar-refractivity contribution in [2.45, 2.75) is 51.4 Å². The standard InChI is InChI=1S/C15H24N2OS/c1-2-3-7-13(14-9-16-15(19)17-14)12-6-4-5-11(8-12)10-18/h5,9,12-13,18H,2-4,6-8,10H2,1H3,(H2,16,17,19). The van der Waals surface area contributed by atoms with Gasteiger partial charge in [-0.15, -0.1) is 0 Å². The first kappa shape index (κ1) is 14.5. The van der Waals surface area contributed by atoms with Crippen LogP contribution >= 0.6 is 12.2 Å². The highest BCUT2D eigenvalue weighted by molar-refractivity contribution is 7.71. The summed E-state index contributed by atoms with van der Waals surface area (Å²) in [5.41, 5.74) is 2.44. The molecular weight excluding hydrogens is 256 g/mol. The predicted molar refractivity (Wildman–Crippen MR) is 80.8 cm³/mol. The molecule has 2 atom stereocenters. The zero-order chi connectivity index (χ0) is 13.7. The van der Waals surface area contributed by atoms with E-state index in [-0.39, 0.29) is 6.61 Å². The van der Waals surface area contributed by atoms with Gasteiger partial charge >= 0.3 is 0 Å². The highest BCUT2D eigenvalue weighted by atomic mass is 32.1. The minimum atomic E-state index is 0.208. The number of aromatic nitrogens is 2. The van der Waals surface area contributed by atoms with Crippen molar-refractivity contribution in [1.82, 2.24) is 9.97 Å². The fourth-order valence-corrected chi connectivity index (χ4v) is 3.29.